The van der Waals surface area contributed by atoms with E-state index >= 15 is 0 Å². The standard InChI is InChI=1S/C10H12O3S/c11-10(7-4-8-14(10,12)13)9-5-2-1-3-6-9/h1-3,5-6,11H,4,7-8H2. The largest absolute Gasteiger partial charge is 0.371 e. The predicted octanol–water partition coefficient (Wildman–Crippen LogP) is 1.04. The minimum atomic E-state index is -3.38. The number of aliphatic hydroxyl groups is 1. The van der Waals surface area contributed by atoms with Gasteiger partial charge in [-0.25, -0.2) is 8.42 Å². The lowest BCUT2D eigenvalue weighted by atomic mass is 10.1. The Labute approximate surface area is 83.3 Å². The predicted molar refractivity (Wildman–Crippen MR) is 53.4 cm³/mol. The van der Waals surface area contributed by atoms with E-state index in [-0.39, 0.29) is 5.75 Å². The van der Waals surface area contributed by atoms with Crippen LogP contribution < -0.4 is 0 Å². The molecule has 14 heavy (non-hydrogen) atoms. The highest BCUT2D eigenvalue weighted by atomic mass is 32.2. The molecule has 4 heteroatoms. The Balaban J connectivity index is 2.53. The summed E-state index contributed by atoms with van der Waals surface area (Å²) in [6.45, 7) is 0. The van der Waals surface area contributed by atoms with Crippen molar-refractivity contribution in [1.82, 2.24) is 0 Å². The van der Waals surface area contributed by atoms with E-state index in [9.17, 15) is 13.5 Å². The van der Waals surface area contributed by atoms with Crippen molar-refractivity contribution in [2.45, 2.75) is 17.8 Å². The summed E-state index contributed by atoms with van der Waals surface area (Å²) in [5.41, 5.74) is 0.484. The zero-order valence-electron chi connectivity index (χ0n) is 7.68. The zero-order chi connectivity index (χ0) is 10.2. The van der Waals surface area contributed by atoms with Crippen LogP contribution in [0.5, 0.6) is 0 Å². The summed E-state index contributed by atoms with van der Waals surface area (Å²) in [5.74, 6) is 0.0817. The Hall–Kier alpha value is -0.870. The molecule has 0 spiro atoms. The smallest absolute Gasteiger partial charge is 0.191 e. The molecule has 0 saturated carbocycles. The maximum atomic E-state index is 11.6. The van der Waals surface area contributed by atoms with E-state index in [4.69, 9.17) is 0 Å². The molecule has 76 valence electrons. The monoisotopic (exact) mass is 212 g/mol. The average Bonchev–Trinajstić information content (AvgIpc) is 2.44. The molecule has 1 aliphatic heterocycles. The molecule has 3 nitrogen and oxygen atoms in total. The minimum Gasteiger partial charge on any atom is -0.371 e. The summed E-state index contributed by atoms with van der Waals surface area (Å²) in [5, 5.41) is 10.1. The molecule has 0 bridgehead atoms. The number of rotatable bonds is 1. The number of hydrogen-bond donors (Lipinski definition) is 1. The van der Waals surface area contributed by atoms with Gasteiger partial charge in [-0.05, 0) is 18.4 Å². The van der Waals surface area contributed by atoms with Gasteiger partial charge >= 0.3 is 0 Å². The maximum Gasteiger partial charge on any atom is 0.191 e. The Morgan fingerprint density at radius 3 is 2.36 bits per heavy atom. The third-order valence-corrected chi connectivity index (χ3v) is 4.96. The van der Waals surface area contributed by atoms with Crippen molar-refractivity contribution < 1.29 is 13.5 Å². The van der Waals surface area contributed by atoms with Crippen molar-refractivity contribution in [2.75, 3.05) is 5.75 Å². The van der Waals surface area contributed by atoms with Gasteiger partial charge in [0.05, 0.1) is 5.75 Å². The van der Waals surface area contributed by atoms with Gasteiger partial charge < -0.3 is 5.11 Å². The Morgan fingerprint density at radius 1 is 1.21 bits per heavy atom. The molecule has 0 aliphatic carbocycles. The van der Waals surface area contributed by atoms with Gasteiger partial charge in [0.25, 0.3) is 0 Å². The van der Waals surface area contributed by atoms with Gasteiger partial charge in [-0.1, -0.05) is 30.3 Å². The molecule has 2 rings (SSSR count). The molecule has 1 saturated heterocycles. The third-order valence-electron chi connectivity index (χ3n) is 2.67. The number of benzene rings is 1. The van der Waals surface area contributed by atoms with Crippen LogP contribution in [0.2, 0.25) is 0 Å². The molecule has 0 aromatic heterocycles. The van der Waals surface area contributed by atoms with Crippen LogP contribution >= 0.6 is 0 Å². The van der Waals surface area contributed by atoms with Crippen molar-refractivity contribution >= 4 is 9.84 Å². The average molecular weight is 212 g/mol. The lowest BCUT2D eigenvalue weighted by Gasteiger charge is -2.21. The van der Waals surface area contributed by atoms with Crippen molar-refractivity contribution in [3.05, 3.63) is 35.9 Å². The first-order chi connectivity index (χ1) is 6.56. The van der Waals surface area contributed by atoms with Crippen LogP contribution in [0.3, 0.4) is 0 Å². The van der Waals surface area contributed by atoms with Crippen molar-refractivity contribution in [3.8, 4) is 0 Å². The first-order valence-corrected chi connectivity index (χ1v) is 6.22. The molecular formula is C10H12O3S. The van der Waals surface area contributed by atoms with E-state index in [2.05, 4.69) is 0 Å². The van der Waals surface area contributed by atoms with Crippen molar-refractivity contribution in [3.63, 3.8) is 0 Å². The first kappa shape index (κ1) is 9.68. The number of sulfone groups is 1. The van der Waals surface area contributed by atoms with Crippen LogP contribution in [-0.2, 0) is 14.8 Å². The second-order valence-electron chi connectivity index (χ2n) is 3.57. The normalized spacial score (nSPS) is 30.4. The van der Waals surface area contributed by atoms with Crippen LogP contribution in [0.1, 0.15) is 18.4 Å². The summed E-state index contributed by atoms with van der Waals surface area (Å²) in [7, 11) is -3.38. The molecule has 1 unspecified atom stereocenters. The van der Waals surface area contributed by atoms with E-state index in [1.54, 1.807) is 30.3 Å². The highest BCUT2D eigenvalue weighted by Crippen LogP contribution is 2.38. The van der Waals surface area contributed by atoms with Crippen LogP contribution in [0.25, 0.3) is 0 Å². The molecule has 1 aliphatic rings. The van der Waals surface area contributed by atoms with E-state index < -0.39 is 14.8 Å². The molecule has 0 amide bonds. The van der Waals surface area contributed by atoms with Crippen LogP contribution in [0.15, 0.2) is 30.3 Å². The van der Waals surface area contributed by atoms with Crippen molar-refractivity contribution in [2.24, 2.45) is 0 Å². The van der Waals surface area contributed by atoms with Gasteiger partial charge in [-0.15, -0.1) is 0 Å². The van der Waals surface area contributed by atoms with Crippen LogP contribution in [-0.4, -0.2) is 19.3 Å². The highest BCUT2D eigenvalue weighted by molar-refractivity contribution is 7.92. The summed E-state index contributed by atoms with van der Waals surface area (Å²) < 4.78 is 23.3. The molecule has 1 N–H and O–H groups in total. The van der Waals surface area contributed by atoms with Gasteiger partial charge in [0.15, 0.2) is 14.8 Å². The minimum absolute atomic E-state index is 0.0817. The maximum absolute atomic E-state index is 11.6. The summed E-state index contributed by atoms with van der Waals surface area (Å²) in [6, 6.07) is 8.59. The molecule has 1 aromatic rings. The fourth-order valence-corrected chi connectivity index (χ4v) is 3.66. The Morgan fingerprint density at radius 2 is 1.86 bits per heavy atom. The van der Waals surface area contributed by atoms with Gasteiger partial charge in [-0.2, -0.15) is 0 Å². The van der Waals surface area contributed by atoms with Gasteiger partial charge in [0.2, 0.25) is 0 Å². The second-order valence-corrected chi connectivity index (χ2v) is 5.89. The quantitative estimate of drug-likeness (QED) is 0.756. The fourth-order valence-electron chi connectivity index (χ4n) is 1.85. The van der Waals surface area contributed by atoms with E-state index in [1.807, 2.05) is 0 Å². The zero-order valence-corrected chi connectivity index (χ0v) is 8.50. The number of hydrogen-bond acceptors (Lipinski definition) is 3. The molecule has 1 fully saturated rings. The summed E-state index contributed by atoms with van der Waals surface area (Å²) in [6.07, 6.45) is 0.840. The molecule has 0 radical (unpaired) electrons. The lowest BCUT2D eigenvalue weighted by Crippen LogP contribution is -2.31. The van der Waals surface area contributed by atoms with Crippen molar-refractivity contribution in [1.29, 1.82) is 0 Å². The van der Waals surface area contributed by atoms with Crippen LogP contribution in [0, 0.1) is 0 Å². The van der Waals surface area contributed by atoms with E-state index in [0.29, 0.717) is 18.4 Å². The lowest BCUT2D eigenvalue weighted by molar-refractivity contribution is 0.124. The Kier molecular flexibility index (Phi) is 2.12. The highest BCUT2D eigenvalue weighted by Gasteiger charge is 2.47. The molecular weight excluding hydrogens is 200 g/mol. The third kappa shape index (κ3) is 1.26. The van der Waals surface area contributed by atoms with Gasteiger partial charge in [0.1, 0.15) is 0 Å². The van der Waals surface area contributed by atoms with Gasteiger partial charge in [-0.3, -0.25) is 0 Å². The topological polar surface area (TPSA) is 54.4 Å². The SMILES string of the molecule is O=S1(=O)CCCC1(O)c1ccccc1. The molecule has 1 heterocycles. The summed E-state index contributed by atoms with van der Waals surface area (Å²) in [4.78, 5) is -1.64. The van der Waals surface area contributed by atoms with E-state index in [0.717, 1.165) is 0 Å². The molecule has 1 aromatic carbocycles. The summed E-state index contributed by atoms with van der Waals surface area (Å²) >= 11 is 0. The molecule has 1 atom stereocenters. The first-order valence-electron chi connectivity index (χ1n) is 4.56. The van der Waals surface area contributed by atoms with Gasteiger partial charge in [0, 0.05) is 0 Å². The second kappa shape index (κ2) is 3.07. The van der Waals surface area contributed by atoms with Crippen LogP contribution in [0.4, 0.5) is 0 Å². The Bertz CT molecular complexity index is 424. The van der Waals surface area contributed by atoms with E-state index in [1.165, 1.54) is 0 Å². The fraction of sp³-hybridized carbons (Fsp3) is 0.400.